The first-order valence-electron chi connectivity index (χ1n) is 7.64. The Kier molecular flexibility index (Phi) is 6.41. The Labute approximate surface area is 154 Å². The number of carbonyl (C=O) groups is 2. The predicted octanol–water partition coefficient (Wildman–Crippen LogP) is 4.07. The van der Waals surface area contributed by atoms with Crippen LogP contribution in [0.4, 0.5) is 11.4 Å². The molecule has 2 rings (SSSR count). The molecule has 0 aromatic heterocycles. The van der Waals surface area contributed by atoms with Crippen LogP contribution in [0.3, 0.4) is 0 Å². The third-order valence-corrected chi connectivity index (χ3v) is 3.83. The fourth-order valence-electron chi connectivity index (χ4n) is 2.20. The molecule has 2 aromatic rings. The lowest BCUT2D eigenvalue weighted by atomic mass is 10.1. The standard InChI is InChI=1S/C18H19BrN2O4/c1-4-25-16-10-12(9-15(19)17(16)24-3)18(23)21-14-7-5-13(6-8-14)20-11(2)22/h5-10H,4H2,1-3H3,(H,20,22)(H,21,23). The summed E-state index contributed by atoms with van der Waals surface area (Å²) < 4.78 is 11.4. The summed E-state index contributed by atoms with van der Waals surface area (Å²) in [6, 6.07) is 10.2. The summed E-state index contributed by atoms with van der Waals surface area (Å²) in [5, 5.41) is 5.47. The van der Waals surface area contributed by atoms with Crippen molar-refractivity contribution in [3.05, 3.63) is 46.4 Å². The normalized spacial score (nSPS) is 10.1. The van der Waals surface area contributed by atoms with Crippen molar-refractivity contribution in [2.75, 3.05) is 24.4 Å². The molecule has 0 heterocycles. The minimum Gasteiger partial charge on any atom is -0.492 e. The quantitative estimate of drug-likeness (QED) is 0.757. The second-order valence-corrected chi connectivity index (χ2v) is 5.99. The van der Waals surface area contributed by atoms with Gasteiger partial charge in [-0.2, -0.15) is 0 Å². The largest absolute Gasteiger partial charge is 0.492 e. The molecule has 0 atom stereocenters. The molecule has 2 aromatic carbocycles. The molecule has 25 heavy (non-hydrogen) atoms. The number of nitrogens with one attached hydrogen (secondary N) is 2. The second-order valence-electron chi connectivity index (χ2n) is 5.14. The molecular weight excluding hydrogens is 388 g/mol. The van der Waals surface area contributed by atoms with Crippen LogP contribution in [0.1, 0.15) is 24.2 Å². The Morgan fingerprint density at radius 2 is 1.68 bits per heavy atom. The van der Waals surface area contributed by atoms with Crippen molar-refractivity contribution < 1.29 is 19.1 Å². The van der Waals surface area contributed by atoms with Crippen molar-refractivity contribution in [3.63, 3.8) is 0 Å². The molecule has 6 nitrogen and oxygen atoms in total. The summed E-state index contributed by atoms with van der Waals surface area (Å²) >= 11 is 3.39. The Morgan fingerprint density at radius 1 is 1.08 bits per heavy atom. The van der Waals surface area contributed by atoms with E-state index in [9.17, 15) is 9.59 Å². The first-order valence-corrected chi connectivity index (χ1v) is 8.43. The topological polar surface area (TPSA) is 76.7 Å². The molecule has 0 unspecified atom stereocenters. The number of amides is 2. The zero-order valence-corrected chi connectivity index (χ0v) is 15.8. The molecule has 0 aliphatic heterocycles. The summed E-state index contributed by atoms with van der Waals surface area (Å²) in [7, 11) is 1.54. The number of benzene rings is 2. The fraction of sp³-hybridized carbons (Fsp3) is 0.222. The van der Waals surface area contributed by atoms with Gasteiger partial charge in [0.15, 0.2) is 11.5 Å². The molecule has 0 radical (unpaired) electrons. The molecule has 0 saturated carbocycles. The summed E-state index contributed by atoms with van der Waals surface area (Å²) in [6.45, 7) is 3.75. The Morgan fingerprint density at radius 3 is 2.20 bits per heavy atom. The van der Waals surface area contributed by atoms with Crippen molar-refractivity contribution in [2.24, 2.45) is 0 Å². The van der Waals surface area contributed by atoms with E-state index in [2.05, 4.69) is 26.6 Å². The van der Waals surface area contributed by atoms with Gasteiger partial charge in [-0.3, -0.25) is 9.59 Å². The maximum atomic E-state index is 12.5. The van der Waals surface area contributed by atoms with Crippen LogP contribution in [0.25, 0.3) is 0 Å². The van der Waals surface area contributed by atoms with Crippen LogP contribution in [0.5, 0.6) is 11.5 Å². The SMILES string of the molecule is CCOc1cc(C(=O)Nc2ccc(NC(C)=O)cc2)cc(Br)c1OC. The van der Waals surface area contributed by atoms with Gasteiger partial charge in [0.2, 0.25) is 5.91 Å². The summed E-state index contributed by atoms with van der Waals surface area (Å²) in [4.78, 5) is 23.5. The van der Waals surface area contributed by atoms with Gasteiger partial charge in [0.1, 0.15) is 0 Å². The molecule has 0 bridgehead atoms. The lowest BCUT2D eigenvalue weighted by Crippen LogP contribution is -2.13. The van der Waals surface area contributed by atoms with Crippen molar-refractivity contribution in [3.8, 4) is 11.5 Å². The zero-order valence-electron chi connectivity index (χ0n) is 14.2. The highest BCUT2D eigenvalue weighted by Gasteiger charge is 2.15. The van der Waals surface area contributed by atoms with E-state index in [0.29, 0.717) is 39.5 Å². The summed E-state index contributed by atoms with van der Waals surface area (Å²) in [5.74, 6) is 0.600. The molecule has 2 amide bonds. The fourth-order valence-corrected chi connectivity index (χ4v) is 2.81. The van der Waals surface area contributed by atoms with Crippen LogP contribution in [0.2, 0.25) is 0 Å². The van der Waals surface area contributed by atoms with Crippen LogP contribution in [0, 0.1) is 0 Å². The monoisotopic (exact) mass is 406 g/mol. The number of carbonyl (C=O) groups excluding carboxylic acids is 2. The Balaban J connectivity index is 2.18. The van der Waals surface area contributed by atoms with E-state index in [4.69, 9.17) is 9.47 Å². The Hall–Kier alpha value is -2.54. The van der Waals surface area contributed by atoms with Gasteiger partial charge in [-0.25, -0.2) is 0 Å². The van der Waals surface area contributed by atoms with E-state index < -0.39 is 0 Å². The van der Waals surface area contributed by atoms with E-state index in [1.54, 1.807) is 43.5 Å². The second kappa shape index (κ2) is 8.53. The number of ether oxygens (including phenoxy) is 2. The van der Waals surface area contributed by atoms with Crippen LogP contribution in [0.15, 0.2) is 40.9 Å². The van der Waals surface area contributed by atoms with E-state index in [1.165, 1.54) is 6.92 Å². The number of hydrogen-bond acceptors (Lipinski definition) is 4. The lowest BCUT2D eigenvalue weighted by molar-refractivity contribution is -0.114. The molecule has 0 aliphatic carbocycles. The van der Waals surface area contributed by atoms with E-state index in [-0.39, 0.29) is 11.8 Å². The first-order chi connectivity index (χ1) is 11.9. The zero-order chi connectivity index (χ0) is 18.4. The van der Waals surface area contributed by atoms with Crippen molar-refractivity contribution in [1.82, 2.24) is 0 Å². The molecule has 0 spiro atoms. The van der Waals surface area contributed by atoms with Gasteiger partial charge in [-0.15, -0.1) is 0 Å². The highest BCUT2D eigenvalue weighted by Crippen LogP contribution is 2.36. The maximum Gasteiger partial charge on any atom is 0.255 e. The minimum atomic E-state index is -0.281. The molecule has 0 fully saturated rings. The van der Waals surface area contributed by atoms with Gasteiger partial charge in [0.05, 0.1) is 18.2 Å². The average Bonchev–Trinajstić information content (AvgIpc) is 2.56. The van der Waals surface area contributed by atoms with Crippen molar-refractivity contribution in [1.29, 1.82) is 0 Å². The van der Waals surface area contributed by atoms with E-state index in [1.807, 2.05) is 6.92 Å². The lowest BCUT2D eigenvalue weighted by Gasteiger charge is -2.13. The third kappa shape index (κ3) is 4.96. The highest BCUT2D eigenvalue weighted by molar-refractivity contribution is 9.10. The first kappa shape index (κ1) is 18.8. The van der Waals surface area contributed by atoms with Crippen LogP contribution in [-0.4, -0.2) is 25.5 Å². The highest BCUT2D eigenvalue weighted by atomic mass is 79.9. The van der Waals surface area contributed by atoms with Gasteiger partial charge >= 0.3 is 0 Å². The number of rotatable bonds is 6. The van der Waals surface area contributed by atoms with Crippen molar-refractivity contribution >= 4 is 39.1 Å². The van der Waals surface area contributed by atoms with E-state index in [0.717, 1.165) is 0 Å². The van der Waals surface area contributed by atoms with E-state index >= 15 is 0 Å². The van der Waals surface area contributed by atoms with Crippen LogP contribution in [-0.2, 0) is 4.79 Å². The summed E-state index contributed by atoms with van der Waals surface area (Å²) in [6.07, 6.45) is 0. The predicted molar refractivity (Wildman–Crippen MR) is 101 cm³/mol. The maximum absolute atomic E-state index is 12.5. The molecule has 0 aliphatic rings. The number of methoxy groups -OCH3 is 1. The van der Waals surface area contributed by atoms with Crippen LogP contribution >= 0.6 is 15.9 Å². The molecule has 0 saturated heterocycles. The Bertz CT molecular complexity index is 775. The molecular formula is C18H19BrN2O4. The molecule has 2 N–H and O–H groups in total. The van der Waals surface area contributed by atoms with Gasteiger partial charge in [0.25, 0.3) is 5.91 Å². The van der Waals surface area contributed by atoms with Gasteiger partial charge in [-0.1, -0.05) is 0 Å². The van der Waals surface area contributed by atoms with Gasteiger partial charge in [-0.05, 0) is 59.3 Å². The van der Waals surface area contributed by atoms with Crippen LogP contribution < -0.4 is 20.1 Å². The van der Waals surface area contributed by atoms with Crippen molar-refractivity contribution in [2.45, 2.75) is 13.8 Å². The summed E-state index contributed by atoms with van der Waals surface area (Å²) in [5.41, 5.74) is 1.71. The smallest absolute Gasteiger partial charge is 0.255 e. The minimum absolute atomic E-state index is 0.150. The number of anilines is 2. The molecule has 7 heteroatoms. The molecule has 132 valence electrons. The average molecular weight is 407 g/mol. The van der Waals surface area contributed by atoms with Gasteiger partial charge < -0.3 is 20.1 Å². The number of halogens is 1. The number of hydrogen-bond donors (Lipinski definition) is 2. The third-order valence-electron chi connectivity index (χ3n) is 3.24. The van der Waals surface area contributed by atoms with Gasteiger partial charge in [0, 0.05) is 23.9 Å².